The number of hydrogen-bond donors (Lipinski definition) is 1. The first-order valence-electron chi connectivity index (χ1n) is 9.58. The van der Waals surface area contributed by atoms with Gasteiger partial charge in [-0.25, -0.2) is 4.83 Å². The van der Waals surface area contributed by atoms with Gasteiger partial charge in [-0.1, -0.05) is 66.2 Å². The van der Waals surface area contributed by atoms with Crippen LogP contribution in [0.15, 0.2) is 82.8 Å². The van der Waals surface area contributed by atoms with E-state index in [0.717, 1.165) is 11.3 Å². The molecule has 0 atom stereocenters. The molecule has 5 rings (SSSR count). The van der Waals surface area contributed by atoms with E-state index in [1.165, 1.54) is 32.7 Å². The third-order valence-electron chi connectivity index (χ3n) is 5.58. The molecule has 4 nitrogen and oxygen atoms in total. The monoisotopic (exact) mass is 400 g/mol. The summed E-state index contributed by atoms with van der Waals surface area (Å²) in [6.07, 6.45) is 1.30. The molecule has 0 saturated carbocycles. The minimum Gasteiger partial charge on any atom is -0.200 e. The Morgan fingerprint density at radius 1 is 0.724 bits per heavy atom. The lowest BCUT2D eigenvalue weighted by atomic mass is 9.93. The molecule has 0 aliphatic heterocycles. The fourth-order valence-corrected chi connectivity index (χ4v) is 4.98. The number of hydrazone groups is 1. The van der Waals surface area contributed by atoms with E-state index >= 15 is 0 Å². The van der Waals surface area contributed by atoms with Crippen molar-refractivity contribution in [3.63, 3.8) is 0 Å². The number of nitrogens with zero attached hydrogens (tertiary/aromatic N) is 1. The fraction of sp³-hybridized carbons (Fsp3) is 0.125. The van der Waals surface area contributed by atoms with Crippen LogP contribution in [0.1, 0.15) is 16.7 Å². The molecule has 1 aliphatic carbocycles. The third-order valence-corrected chi connectivity index (χ3v) is 6.80. The highest BCUT2D eigenvalue weighted by molar-refractivity contribution is 7.89. The summed E-state index contributed by atoms with van der Waals surface area (Å²) >= 11 is 0. The second kappa shape index (κ2) is 6.71. The molecule has 0 spiro atoms. The van der Waals surface area contributed by atoms with Crippen LogP contribution in [-0.2, 0) is 22.9 Å². The number of fused-ring (bicyclic) bond motifs is 6. The smallest absolute Gasteiger partial charge is 0.200 e. The average molecular weight is 401 g/mol. The summed E-state index contributed by atoms with van der Waals surface area (Å²) < 4.78 is 25.2. The van der Waals surface area contributed by atoms with Gasteiger partial charge in [0.1, 0.15) is 0 Å². The highest BCUT2D eigenvalue weighted by Crippen LogP contribution is 2.36. The van der Waals surface area contributed by atoms with E-state index in [1.807, 2.05) is 19.1 Å². The number of nitrogens with one attached hydrogen (secondary N) is 1. The predicted octanol–water partition coefficient (Wildman–Crippen LogP) is 4.73. The van der Waals surface area contributed by atoms with Crippen molar-refractivity contribution in [2.24, 2.45) is 5.10 Å². The summed E-state index contributed by atoms with van der Waals surface area (Å²) in [5.41, 5.74) is 4.33. The Morgan fingerprint density at radius 3 is 1.72 bits per heavy atom. The SMILES string of the molecule is Cc1ccc(S(=O)(=O)NN=C2Cc3c(c4ccccc4c4ccccc34)C2)cc1. The zero-order chi connectivity index (χ0) is 20.0. The fourth-order valence-electron chi connectivity index (χ4n) is 4.14. The maximum absolute atomic E-state index is 12.6. The summed E-state index contributed by atoms with van der Waals surface area (Å²) in [5, 5.41) is 9.18. The van der Waals surface area contributed by atoms with E-state index in [2.05, 4.69) is 46.3 Å². The lowest BCUT2D eigenvalue weighted by molar-refractivity contribution is 0.584. The zero-order valence-electron chi connectivity index (χ0n) is 16.0. The minimum absolute atomic E-state index is 0.221. The molecule has 144 valence electrons. The summed E-state index contributed by atoms with van der Waals surface area (Å²) in [5.74, 6) is 0. The van der Waals surface area contributed by atoms with Crippen molar-refractivity contribution in [3.8, 4) is 0 Å². The molecular formula is C24H20N2O2S. The molecule has 4 aromatic rings. The second-order valence-corrected chi connectivity index (χ2v) is 9.15. The molecule has 0 amide bonds. The van der Waals surface area contributed by atoms with Crippen molar-refractivity contribution in [3.05, 3.63) is 89.5 Å². The van der Waals surface area contributed by atoms with Gasteiger partial charge in [-0.15, -0.1) is 0 Å². The highest BCUT2D eigenvalue weighted by Gasteiger charge is 2.23. The molecule has 5 heteroatoms. The summed E-state index contributed by atoms with van der Waals surface area (Å²) in [7, 11) is -3.67. The Hall–Kier alpha value is -3.18. The number of aryl methyl sites for hydroxylation is 1. The van der Waals surface area contributed by atoms with E-state index in [4.69, 9.17) is 0 Å². The van der Waals surface area contributed by atoms with E-state index in [0.29, 0.717) is 12.8 Å². The number of hydrogen-bond acceptors (Lipinski definition) is 3. The van der Waals surface area contributed by atoms with Crippen LogP contribution in [0.25, 0.3) is 21.5 Å². The van der Waals surface area contributed by atoms with Crippen LogP contribution in [0.3, 0.4) is 0 Å². The van der Waals surface area contributed by atoms with Crippen LogP contribution in [0.4, 0.5) is 0 Å². The summed E-state index contributed by atoms with van der Waals surface area (Å²) in [6.45, 7) is 1.93. The van der Waals surface area contributed by atoms with Gasteiger partial charge in [-0.2, -0.15) is 13.5 Å². The zero-order valence-corrected chi connectivity index (χ0v) is 16.8. The molecule has 0 radical (unpaired) electrons. The minimum atomic E-state index is -3.67. The molecule has 0 aromatic heterocycles. The Labute approximate surface area is 169 Å². The van der Waals surface area contributed by atoms with Gasteiger partial charge in [0.15, 0.2) is 0 Å². The molecular weight excluding hydrogens is 380 g/mol. The van der Waals surface area contributed by atoms with Gasteiger partial charge in [0.2, 0.25) is 0 Å². The van der Waals surface area contributed by atoms with Gasteiger partial charge < -0.3 is 0 Å². The van der Waals surface area contributed by atoms with Crippen LogP contribution < -0.4 is 4.83 Å². The lowest BCUT2D eigenvalue weighted by Gasteiger charge is -2.10. The van der Waals surface area contributed by atoms with Gasteiger partial charge in [0.25, 0.3) is 10.0 Å². The molecule has 0 bridgehead atoms. The van der Waals surface area contributed by atoms with E-state index < -0.39 is 10.0 Å². The maximum atomic E-state index is 12.6. The Balaban J connectivity index is 1.54. The van der Waals surface area contributed by atoms with Crippen LogP contribution in [0, 0.1) is 6.92 Å². The molecule has 29 heavy (non-hydrogen) atoms. The van der Waals surface area contributed by atoms with Crippen molar-refractivity contribution >= 4 is 37.3 Å². The van der Waals surface area contributed by atoms with Gasteiger partial charge >= 0.3 is 0 Å². The summed E-state index contributed by atoms with van der Waals surface area (Å²) in [4.78, 5) is 2.65. The number of rotatable bonds is 3. The van der Waals surface area contributed by atoms with E-state index in [1.54, 1.807) is 24.3 Å². The molecule has 4 aromatic carbocycles. The second-order valence-electron chi connectivity index (χ2n) is 7.49. The van der Waals surface area contributed by atoms with Crippen molar-refractivity contribution in [1.82, 2.24) is 4.83 Å². The van der Waals surface area contributed by atoms with Crippen LogP contribution >= 0.6 is 0 Å². The maximum Gasteiger partial charge on any atom is 0.276 e. The molecule has 0 fully saturated rings. The molecule has 0 saturated heterocycles. The van der Waals surface area contributed by atoms with Crippen molar-refractivity contribution in [1.29, 1.82) is 0 Å². The molecule has 1 aliphatic rings. The van der Waals surface area contributed by atoms with Crippen LogP contribution in [-0.4, -0.2) is 14.1 Å². The van der Waals surface area contributed by atoms with Gasteiger partial charge in [-0.05, 0) is 51.7 Å². The van der Waals surface area contributed by atoms with Crippen molar-refractivity contribution in [2.45, 2.75) is 24.7 Å². The largest absolute Gasteiger partial charge is 0.276 e. The first-order valence-corrected chi connectivity index (χ1v) is 11.1. The number of benzene rings is 4. The molecule has 0 heterocycles. The Bertz CT molecular complexity index is 1320. The Kier molecular flexibility index (Phi) is 4.14. The first kappa shape index (κ1) is 17.9. The molecule has 0 unspecified atom stereocenters. The van der Waals surface area contributed by atoms with Crippen molar-refractivity contribution < 1.29 is 8.42 Å². The van der Waals surface area contributed by atoms with Gasteiger partial charge in [0.05, 0.1) is 4.90 Å². The van der Waals surface area contributed by atoms with Crippen LogP contribution in [0.2, 0.25) is 0 Å². The molecule has 1 N–H and O–H groups in total. The Morgan fingerprint density at radius 2 is 1.21 bits per heavy atom. The van der Waals surface area contributed by atoms with E-state index in [9.17, 15) is 8.42 Å². The average Bonchev–Trinajstić information content (AvgIpc) is 3.18. The van der Waals surface area contributed by atoms with Crippen LogP contribution in [0.5, 0.6) is 0 Å². The van der Waals surface area contributed by atoms with Gasteiger partial charge in [0, 0.05) is 18.6 Å². The topological polar surface area (TPSA) is 58.5 Å². The first-order chi connectivity index (χ1) is 14.0. The van der Waals surface area contributed by atoms with Gasteiger partial charge in [-0.3, -0.25) is 0 Å². The summed E-state index contributed by atoms with van der Waals surface area (Å²) in [6, 6.07) is 23.5. The highest BCUT2D eigenvalue weighted by atomic mass is 32.2. The third kappa shape index (κ3) is 3.08. The van der Waals surface area contributed by atoms with E-state index in [-0.39, 0.29) is 4.90 Å². The predicted molar refractivity (Wildman–Crippen MR) is 118 cm³/mol. The van der Waals surface area contributed by atoms with Crippen molar-refractivity contribution in [2.75, 3.05) is 0 Å². The normalized spacial score (nSPS) is 13.6. The quantitative estimate of drug-likeness (QED) is 0.399. The standard InChI is InChI=1S/C24H20N2O2S/c1-16-10-12-18(13-11-16)29(27,28)26-25-17-14-23-21-8-4-2-6-19(21)20-7-3-5-9-22(20)24(23)15-17/h2-13,26H,14-15H2,1H3. The lowest BCUT2D eigenvalue weighted by Crippen LogP contribution is -2.20. The number of sulfonamides is 1.